The summed E-state index contributed by atoms with van der Waals surface area (Å²) in [5, 5.41) is 17.8. The number of rotatable bonds is 6. The Bertz CT molecular complexity index is 571. The number of nitrogens with one attached hydrogen (secondary N) is 2. The molecule has 1 aromatic heterocycles. The second-order valence-corrected chi connectivity index (χ2v) is 7.32. The molecule has 1 aromatic rings. The van der Waals surface area contributed by atoms with E-state index in [-0.39, 0.29) is 29.0 Å². The fourth-order valence-electron chi connectivity index (χ4n) is 1.71. The average molecular weight is 304 g/mol. The van der Waals surface area contributed by atoms with E-state index in [1.807, 2.05) is 20.8 Å². The lowest BCUT2D eigenvalue weighted by molar-refractivity contribution is 0.0691. The topological polar surface area (TPSA) is 119 Å². The van der Waals surface area contributed by atoms with Crippen LogP contribution in [0.25, 0.3) is 0 Å². The quantitative estimate of drug-likeness (QED) is 0.619. The maximum absolute atomic E-state index is 12.2. The summed E-state index contributed by atoms with van der Waals surface area (Å²) in [4.78, 5) is 13.0. The van der Waals surface area contributed by atoms with E-state index in [1.54, 1.807) is 0 Å². The molecule has 1 heterocycles. The molecule has 4 N–H and O–H groups in total. The summed E-state index contributed by atoms with van der Waals surface area (Å²) in [6.07, 6.45) is 1.41. The zero-order chi connectivity index (χ0) is 15.6. The van der Waals surface area contributed by atoms with Gasteiger partial charge in [0, 0.05) is 18.8 Å². The van der Waals surface area contributed by atoms with E-state index in [4.69, 9.17) is 10.2 Å². The lowest BCUT2D eigenvalue weighted by atomic mass is 9.86. The molecule has 0 amide bonds. The number of hydrogen-bond acceptors (Lipinski definition) is 4. The van der Waals surface area contributed by atoms with Gasteiger partial charge in [-0.3, -0.25) is 0 Å². The van der Waals surface area contributed by atoms with E-state index in [0.29, 0.717) is 0 Å². The summed E-state index contributed by atoms with van der Waals surface area (Å²) >= 11 is 0. The Morgan fingerprint density at radius 2 is 2.05 bits per heavy atom. The molecule has 0 spiro atoms. The van der Waals surface area contributed by atoms with Gasteiger partial charge in [-0.25, -0.2) is 17.9 Å². The highest BCUT2D eigenvalue weighted by molar-refractivity contribution is 7.89. The highest BCUT2D eigenvalue weighted by Gasteiger charge is 2.29. The molecule has 1 rings (SSSR count). The molecule has 1 atom stereocenters. The molecule has 20 heavy (non-hydrogen) atoms. The van der Waals surface area contributed by atoms with Gasteiger partial charge in [0.05, 0.1) is 0 Å². The standard InChI is InChI=1S/C12H20N2O5S/c1-12(2,3)10(4-5-15)14-20(18,19)8-6-9(11(16)17)13-7-8/h6-7,10,13-15H,4-5H2,1-3H3,(H,16,17). The monoisotopic (exact) mass is 304 g/mol. The predicted octanol–water partition coefficient (Wildman–Crippen LogP) is 0.788. The number of aromatic carboxylic acids is 1. The van der Waals surface area contributed by atoms with Crippen molar-refractivity contribution in [2.75, 3.05) is 6.61 Å². The lowest BCUT2D eigenvalue weighted by Crippen LogP contribution is -2.44. The van der Waals surface area contributed by atoms with Crippen molar-refractivity contribution in [3.05, 3.63) is 18.0 Å². The molecule has 0 fully saturated rings. The summed E-state index contributed by atoms with van der Waals surface area (Å²) in [5.41, 5.74) is -0.568. The smallest absolute Gasteiger partial charge is 0.352 e. The first-order valence-electron chi connectivity index (χ1n) is 6.13. The van der Waals surface area contributed by atoms with Gasteiger partial charge in [0.25, 0.3) is 0 Å². The largest absolute Gasteiger partial charge is 0.477 e. The molecule has 0 saturated heterocycles. The van der Waals surface area contributed by atoms with Crippen LogP contribution < -0.4 is 4.72 Å². The molecular weight excluding hydrogens is 284 g/mol. The molecule has 0 radical (unpaired) electrons. The normalized spacial score (nSPS) is 14.2. The summed E-state index contributed by atoms with van der Waals surface area (Å²) < 4.78 is 26.9. The maximum atomic E-state index is 12.2. The molecule has 0 aliphatic rings. The van der Waals surface area contributed by atoms with E-state index in [1.165, 1.54) is 0 Å². The maximum Gasteiger partial charge on any atom is 0.352 e. The third kappa shape index (κ3) is 4.06. The first-order chi connectivity index (χ1) is 9.08. The number of H-pyrrole nitrogens is 1. The second-order valence-electron chi connectivity index (χ2n) is 5.61. The summed E-state index contributed by atoms with van der Waals surface area (Å²) in [6.45, 7) is 5.43. The Kier molecular flexibility index (Phi) is 4.95. The van der Waals surface area contributed by atoms with Crippen molar-refractivity contribution in [3.63, 3.8) is 0 Å². The lowest BCUT2D eigenvalue weighted by Gasteiger charge is -2.30. The predicted molar refractivity (Wildman–Crippen MR) is 73.0 cm³/mol. The molecule has 0 aliphatic heterocycles. The summed E-state index contributed by atoms with van der Waals surface area (Å²) in [6, 6.07) is 0.601. The second kappa shape index (κ2) is 5.94. The van der Waals surface area contributed by atoms with Crippen molar-refractivity contribution in [1.82, 2.24) is 9.71 Å². The van der Waals surface area contributed by atoms with Crippen LogP contribution in [0.15, 0.2) is 17.2 Å². The average Bonchev–Trinajstić information content (AvgIpc) is 2.76. The highest BCUT2D eigenvalue weighted by atomic mass is 32.2. The van der Waals surface area contributed by atoms with Crippen molar-refractivity contribution < 1.29 is 23.4 Å². The van der Waals surface area contributed by atoms with Crippen molar-refractivity contribution in [2.24, 2.45) is 5.41 Å². The number of carboxylic acids is 1. The van der Waals surface area contributed by atoms with Crippen LogP contribution in [-0.2, 0) is 10.0 Å². The number of aliphatic hydroxyl groups is 1. The third-order valence-corrected chi connectivity index (χ3v) is 4.41. The number of carbonyl (C=O) groups is 1. The fraction of sp³-hybridized carbons (Fsp3) is 0.583. The minimum Gasteiger partial charge on any atom is -0.477 e. The van der Waals surface area contributed by atoms with Gasteiger partial charge >= 0.3 is 5.97 Å². The Hall–Kier alpha value is -1.38. The van der Waals surface area contributed by atoms with Crippen LogP contribution in [0.1, 0.15) is 37.7 Å². The van der Waals surface area contributed by atoms with Crippen LogP contribution in [0.4, 0.5) is 0 Å². The van der Waals surface area contributed by atoms with Gasteiger partial charge in [0.2, 0.25) is 10.0 Å². The van der Waals surface area contributed by atoms with Crippen LogP contribution in [0.5, 0.6) is 0 Å². The number of aromatic amines is 1. The number of sulfonamides is 1. The Morgan fingerprint density at radius 3 is 2.45 bits per heavy atom. The van der Waals surface area contributed by atoms with Crippen molar-refractivity contribution in [2.45, 2.75) is 38.1 Å². The molecule has 1 unspecified atom stereocenters. The Labute approximate surface area is 118 Å². The van der Waals surface area contributed by atoms with Gasteiger partial charge in [-0.2, -0.15) is 0 Å². The Balaban J connectivity index is 3.00. The van der Waals surface area contributed by atoms with Crippen molar-refractivity contribution in [3.8, 4) is 0 Å². The molecule has 7 nitrogen and oxygen atoms in total. The van der Waals surface area contributed by atoms with Crippen LogP contribution in [-0.4, -0.2) is 42.2 Å². The van der Waals surface area contributed by atoms with Crippen molar-refractivity contribution in [1.29, 1.82) is 0 Å². The molecule has 0 bridgehead atoms. The van der Waals surface area contributed by atoms with Crippen LogP contribution in [0.2, 0.25) is 0 Å². The van der Waals surface area contributed by atoms with Gasteiger partial charge in [0.15, 0.2) is 0 Å². The van der Waals surface area contributed by atoms with Gasteiger partial charge in [-0.15, -0.1) is 0 Å². The van der Waals surface area contributed by atoms with Gasteiger partial charge in [-0.05, 0) is 17.9 Å². The summed E-state index contributed by atoms with van der Waals surface area (Å²) in [7, 11) is -3.83. The number of hydrogen-bond donors (Lipinski definition) is 4. The molecule has 8 heteroatoms. The van der Waals surface area contributed by atoms with Crippen molar-refractivity contribution >= 4 is 16.0 Å². The molecule has 0 saturated carbocycles. The molecule has 0 aromatic carbocycles. The fourth-order valence-corrected chi connectivity index (χ4v) is 3.18. The molecular formula is C12H20N2O5S. The number of carboxylic acid groups (broad SMARTS) is 1. The molecule has 114 valence electrons. The van der Waals surface area contributed by atoms with E-state index >= 15 is 0 Å². The van der Waals surface area contributed by atoms with E-state index in [0.717, 1.165) is 12.3 Å². The van der Waals surface area contributed by atoms with E-state index in [2.05, 4.69) is 9.71 Å². The van der Waals surface area contributed by atoms with Gasteiger partial charge in [-0.1, -0.05) is 20.8 Å². The Morgan fingerprint density at radius 1 is 1.45 bits per heavy atom. The zero-order valence-corrected chi connectivity index (χ0v) is 12.5. The minimum absolute atomic E-state index is 0.137. The minimum atomic E-state index is -3.83. The summed E-state index contributed by atoms with van der Waals surface area (Å²) in [5.74, 6) is -1.23. The molecule has 0 aliphatic carbocycles. The van der Waals surface area contributed by atoms with Crippen LogP contribution >= 0.6 is 0 Å². The first-order valence-corrected chi connectivity index (χ1v) is 7.61. The van der Waals surface area contributed by atoms with Crippen LogP contribution in [0, 0.1) is 5.41 Å². The van der Waals surface area contributed by atoms with Crippen LogP contribution in [0.3, 0.4) is 0 Å². The van der Waals surface area contributed by atoms with Gasteiger partial charge in [0.1, 0.15) is 10.6 Å². The van der Waals surface area contributed by atoms with E-state index in [9.17, 15) is 13.2 Å². The third-order valence-electron chi connectivity index (χ3n) is 2.96. The number of aromatic nitrogens is 1. The SMILES string of the molecule is CC(C)(C)C(CCO)NS(=O)(=O)c1c[nH]c(C(=O)O)c1. The number of aliphatic hydroxyl groups excluding tert-OH is 1. The first kappa shape index (κ1) is 16.7. The highest BCUT2D eigenvalue weighted by Crippen LogP contribution is 2.24. The zero-order valence-electron chi connectivity index (χ0n) is 11.7. The van der Waals surface area contributed by atoms with E-state index < -0.39 is 22.0 Å². The van der Waals surface area contributed by atoms with Gasteiger partial charge < -0.3 is 15.2 Å².